The minimum Gasteiger partial charge on any atom is -0.385 e. The molecule has 0 saturated carbocycles. The lowest BCUT2D eigenvalue weighted by Crippen LogP contribution is -2.42. The van der Waals surface area contributed by atoms with Gasteiger partial charge >= 0.3 is 0 Å². The van der Waals surface area contributed by atoms with Crippen LogP contribution in [0.15, 0.2) is 42.5 Å². The minimum absolute atomic E-state index is 0.475. The predicted molar refractivity (Wildman–Crippen MR) is 110 cm³/mol. The van der Waals surface area contributed by atoms with Crippen LogP contribution in [0.3, 0.4) is 0 Å². The molecule has 1 aliphatic rings. The van der Waals surface area contributed by atoms with Crippen molar-refractivity contribution in [2.24, 2.45) is 0 Å². The van der Waals surface area contributed by atoms with Crippen LogP contribution in [-0.2, 0) is 11.2 Å². The molecule has 0 aromatic heterocycles. The molecule has 1 fully saturated rings. The second-order valence-electron chi connectivity index (χ2n) is 6.95. The number of hydrogen-bond donors (Lipinski definition) is 2. The number of nitrogens with one attached hydrogen (secondary N) is 1. The van der Waals surface area contributed by atoms with E-state index in [0.717, 1.165) is 45.6 Å². The van der Waals surface area contributed by atoms with Gasteiger partial charge in [0, 0.05) is 44.6 Å². The summed E-state index contributed by atoms with van der Waals surface area (Å²) in [5.74, 6) is 0. The second-order valence-corrected chi connectivity index (χ2v) is 7.62. The molecule has 0 spiro atoms. The molecule has 4 heteroatoms. The van der Waals surface area contributed by atoms with Crippen molar-refractivity contribution < 1.29 is 4.74 Å². The maximum absolute atomic E-state index is 5.25. The van der Waals surface area contributed by atoms with Gasteiger partial charge in [0.2, 0.25) is 0 Å². The van der Waals surface area contributed by atoms with Crippen LogP contribution in [0.4, 0.5) is 0 Å². The number of hydrogen-bond acceptors (Lipinski definition) is 4. The van der Waals surface area contributed by atoms with Crippen LogP contribution in [0.2, 0.25) is 0 Å². The van der Waals surface area contributed by atoms with E-state index in [-0.39, 0.29) is 0 Å². The standard InChI is InChI=1S/C21H30N2OS/c1-24-15-5-13-23(16-20-21(25)10-12-22-20)14-11-18-8-4-7-17-6-2-3-9-19(17)18/h2-4,6-9,20-22,25H,5,10-16H2,1H3. The Balaban J connectivity index is 1.64. The van der Waals surface area contributed by atoms with E-state index in [0.29, 0.717) is 11.3 Å². The summed E-state index contributed by atoms with van der Waals surface area (Å²) in [4.78, 5) is 2.58. The lowest BCUT2D eigenvalue weighted by molar-refractivity contribution is 0.168. The first-order valence-corrected chi connectivity index (χ1v) is 9.89. The summed E-state index contributed by atoms with van der Waals surface area (Å²) in [6, 6.07) is 15.8. The molecule has 136 valence electrons. The molecule has 1 aliphatic heterocycles. The largest absolute Gasteiger partial charge is 0.385 e. The third-order valence-electron chi connectivity index (χ3n) is 5.17. The Hall–Kier alpha value is -1.07. The molecular formula is C21H30N2OS. The summed E-state index contributed by atoms with van der Waals surface area (Å²) in [5, 5.41) is 6.79. The van der Waals surface area contributed by atoms with Gasteiger partial charge in [-0.25, -0.2) is 0 Å². The zero-order valence-corrected chi connectivity index (χ0v) is 16.1. The number of benzene rings is 2. The molecule has 25 heavy (non-hydrogen) atoms. The van der Waals surface area contributed by atoms with E-state index >= 15 is 0 Å². The van der Waals surface area contributed by atoms with Crippen molar-refractivity contribution in [2.45, 2.75) is 30.6 Å². The van der Waals surface area contributed by atoms with Crippen LogP contribution in [0.25, 0.3) is 10.8 Å². The fourth-order valence-corrected chi connectivity index (χ4v) is 4.06. The highest BCUT2D eigenvalue weighted by atomic mass is 32.1. The van der Waals surface area contributed by atoms with Crippen molar-refractivity contribution in [3.05, 3.63) is 48.0 Å². The Morgan fingerprint density at radius 3 is 2.80 bits per heavy atom. The number of fused-ring (bicyclic) bond motifs is 1. The van der Waals surface area contributed by atoms with Crippen LogP contribution in [-0.4, -0.2) is 56.1 Å². The molecule has 2 aromatic rings. The molecule has 1 N–H and O–H groups in total. The molecule has 0 bridgehead atoms. The van der Waals surface area contributed by atoms with Gasteiger partial charge in [0.15, 0.2) is 0 Å². The molecule has 3 nitrogen and oxygen atoms in total. The van der Waals surface area contributed by atoms with Crippen molar-refractivity contribution in [3.63, 3.8) is 0 Å². The molecule has 0 radical (unpaired) electrons. The fourth-order valence-electron chi connectivity index (χ4n) is 3.73. The van der Waals surface area contributed by atoms with E-state index in [9.17, 15) is 0 Å². The number of methoxy groups -OCH3 is 1. The Morgan fingerprint density at radius 1 is 1.16 bits per heavy atom. The normalized spacial score (nSPS) is 20.6. The molecule has 3 rings (SSSR count). The van der Waals surface area contributed by atoms with Crippen molar-refractivity contribution in [1.29, 1.82) is 0 Å². The molecule has 0 amide bonds. The molecule has 0 aliphatic carbocycles. The lowest BCUT2D eigenvalue weighted by atomic mass is 10.0. The highest BCUT2D eigenvalue weighted by molar-refractivity contribution is 7.81. The van der Waals surface area contributed by atoms with Crippen LogP contribution in [0.5, 0.6) is 0 Å². The number of ether oxygens (including phenoxy) is 1. The quantitative estimate of drug-likeness (QED) is 0.531. The first-order chi connectivity index (χ1) is 12.3. The van der Waals surface area contributed by atoms with Crippen molar-refractivity contribution in [1.82, 2.24) is 10.2 Å². The zero-order chi connectivity index (χ0) is 17.5. The lowest BCUT2D eigenvalue weighted by Gasteiger charge is -2.27. The van der Waals surface area contributed by atoms with E-state index in [4.69, 9.17) is 17.4 Å². The Bertz CT molecular complexity index is 658. The molecule has 1 saturated heterocycles. The minimum atomic E-state index is 0.475. The van der Waals surface area contributed by atoms with Crippen molar-refractivity contribution >= 4 is 23.4 Å². The van der Waals surface area contributed by atoms with Gasteiger partial charge in [-0.1, -0.05) is 42.5 Å². The van der Waals surface area contributed by atoms with Gasteiger partial charge in [0.1, 0.15) is 0 Å². The summed E-state index contributed by atoms with van der Waals surface area (Å²) < 4.78 is 5.25. The zero-order valence-electron chi connectivity index (χ0n) is 15.2. The van der Waals surface area contributed by atoms with Crippen molar-refractivity contribution in [3.8, 4) is 0 Å². The van der Waals surface area contributed by atoms with Crippen LogP contribution >= 0.6 is 12.6 Å². The van der Waals surface area contributed by atoms with Gasteiger partial charge < -0.3 is 15.0 Å². The molecule has 2 aromatic carbocycles. The van der Waals surface area contributed by atoms with Gasteiger partial charge in [-0.2, -0.15) is 12.6 Å². The molecule has 1 heterocycles. The number of rotatable bonds is 9. The highest BCUT2D eigenvalue weighted by Gasteiger charge is 2.25. The Labute approximate surface area is 157 Å². The van der Waals surface area contributed by atoms with Gasteiger partial charge in [-0.05, 0) is 42.1 Å². The summed E-state index contributed by atoms with van der Waals surface area (Å²) in [6.45, 7) is 5.15. The SMILES string of the molecule is COCCCN(CCc1cccc2ccccc12)CC1NCCC1S. The summed E-state index contributed by atoms with van der Waals surface area (Å²) in [7, 11) is 1.78. The van der Waals surface area contributed by atoms with Crippen LogP contribution in [0.1, 0.15) is 18.4 Å². The molecular weight excluding hydrogens is 328 g/mol. The van der Waals surface area contributed by atoms with Gasteiger partial charge in [-0.3, -0.25) is 0 Å². The average molecular weight is 359 g/mol. The van der Waals surface area contributed by atoms with Gasteiger partial charge in [0.25, 0.3) is 0 Å². The maximum atomic E-state index is 5.25. The predicted octanol–water partition coefficient (Wildman–Crippen LogP) is 3.38. The topological polar surface area (TPSA) is 24.5 Å². The van der Waals surface area contributed by atoms with Gasteiger partial charge in [-0.15, -0.1) is 0 Å². The first-order valence-electron chi connectivity index (χ1n) is 9.37. The maximum Gasteiger partial charge on any atom is 0.0474 e. The van der Waals surface area contributed by atoms with E-state index in [1.54, 1.807) is 7.11 Å². The number of thiol groups is 1. The average Bonchev–Trinajstić information content (AvgIpc) is 3.04. The van der Waals surface area contributed by atoms with Crippen LogP contribution < -0.4 is 5.32 Å². The molecule has 2 unspecified atom stereocenters. The van der Waals surface area contributed by atoms with E-state index in [2.05, 4.69) is 52.7 Å². The van der Waals surface area contributed by atoms with Gasteiger partial charge in [0.05, 0.1) is 0 Å². The number of nitrogens with zero attached hydrogens (tertiary/aromatic N) is 1. The summed E-state index contributed by atoms with van der Waals surface area (Å²) in [6.07, 6.45) is 3.33. The van der Waals surface area contributed by atoms with E-state index < -0.39 is 0 Å². The third-order valence-corrected chi connectivity index (χ3v) is 5.78. The van der Waals surface area contributed by atoms with Crippen LogP contribution in [0, 0.1) is 0 Å². The smallest absolute Gasteiger partial charge is 0.0474 e. The highest BCUT2D eigenvalue weighted by Crippen LogP contribution is 2.20. The third kappa shape index (κ3) is 5.20. The van der Waals surface area contributed by atoms with E-state index in [1.807, 2.05) is 0 Å². The summed E-state index contributed by atoms with van der Waals surface area (Å²) >= 11 is 4.74. The Morgan fingerprint density at radius 2 is 2.00 bits per heavy atom. The first kappa shape index (κ1) is 18.7. The summed E-state index contributed by atoms with van der Waals surface area (Å²) in [5.41, 5.74) is 1.44. The van der Waals surface area contributed by atoms with Crippen molar-refractivity contribution in [2.75, 3.05) is 39.9 Å². The fraction of sp³-hybridized carbons (Fsp3) is 0.524. The Kier molecular flexibility index (Phi) is 7.17. The van der Waals surface area contributed by atoms with E-state index in [1.165, 1.54) is 22.8 Å². The second kappa shape index (κ2) is 9.58. The monoisotopic (exact) mass is 358 g/mol. The molecule has 2 atom stereocenters.